The van der Waals surface area contributed by atoms with Crippen molar-refractivity contribution in [3.63, 3.8) is 0 Å². The second-order valence-electron chi connectivity index (χ2n) is 6.99. The van der Waals surface area contributed by atoms with Gasteiger partial charge in [-0.1, -0.05) is 13.8 Å². The molecule has 0 bridgehead atoms. The van der Waals surface area contributed by atoms with Crippen LogP contribution in [0.1, 0.15) is 26.7 Å². The molecule has 26 heavy (non-hydrogen) atoms. The minimum Gasteiger partial charge on any atom is -0.327 e. The maximum atomic E-state index is 13.3. The molecule has 3 amide bonds. The Labute approximate surface area is 156 Å². The first-order valence-corrected chi connectivity index (χ1v) is 9.77. The zero-order chi connectivity index (χ0) is 18.9. The summed E-state index contributed by atoms with van der Waals surface area (Å²) in [5, 5.41) is 2.60. The number of likely N-dealkylation sites (tertiary alicyclic amines) is 1. The van der Waals surface area contributed by atoms with Gasteiger partial charge >= 0.3 is 6.03 Å². The summed E-state index contributed by atoms with van der Waals surface area (Å²) in [5.74, 6) is -0.906. The van der Waals surface area contributed by atoms with E-state index in [4.69, 9.17) is 0 Å². The summed E-state index contributed by atoms with van der Waals surface area (Å²) in [4.78, 5) is 28.3. The maximum Gasteiger partial charge on any atom is 0.321 e. The van der Waals surface area contributed by atoms with E-state index in [1.54, 1.807) is 16.7 Å². The summed E-state index contributed by atoms with van der Waals surface area (Å²) >= 11 is 1.80. The third-order valence-corrected chi connectivity index (χ3v) is 6.49. The van der Waals surface area contributed by atoms with Crippen LogP contribution in [0, 0.1) is 17.6 Å². The van der Waals surface area contributed by atoms with Crippen molar-refractivity contribution in [2.75, 3.05) is 30.7 Å². The Hall–Kier alpha value is -1.83. The summed E-state index contributed by atoms with van der Waals surface area (Å²) in [6, 6.07) is 2.95. The normalized spacial score (nSPS) is 19.3. The standard InChI is InChI=1S/C18H23F2N3O2S/c1-12(2)16(24)23-9-10-26-18(23)5-7-22(8-6-18)17(25)21-13-3-4-14(19)15(20)11-13/h3-4,11-12H,5-10H2,1-2H3,(H,21,25). The minimum absolute atomic E-state index is 0.0414. The quantitative estimate of drug-likeness (QED) is 0.850. The van der Waals surface area contributed by atoms with Crippen LogP contribution in [0.4, 0.5) is 19.3 Å². The van der Waals surface area contributed by atoms with Crippen molar-refractivity contribution in [3.05, 3.63) is 29.8 Å². The number of anilines is 1. The summed E-state index contributed by atoms with van der Waals surface area (Å²) in [5.41, 5.74) is 0.223. The van der Waals surface area contributed by atoms with E-state index in [9.17, 15) is 18.4 Å². The topological polar surface area (TPSA) is 52.7 Å². The van der Waals surface area contributed by atoms with Crippen LogP contribution in [-0.4, -0.2) is 52.0 Å². The molecule has 5 nitrogen and oxygen atoms in total. The van der Waals surface area contributed by atoms with Gasteiger partial charge in [0.1, 0.15) is 0 Å². The Bertz CT molecular complexity index is 706. The first kappa shape index (κ1) is 18.9. The van der Waals surface area contributed by atoms with Gasteiger partial charge in [-0.2, -0.15) is 0 Å². The lowest BCUT2D eigenvalue weighted by molar-refractivity contribution is -0.137. The van der Waals surface area contributed by atoms with E-state index in [1.807, 2.05) is 18.7 Å². The Kier molecular flexibility index (Phi) is 5.41. The monoisotopic (exact) mass is 383 g/mol. The van der Waals surface area contributed by atoms with Gasteiger partial charge in [0.05, 0.1) is 4.87 Å². The number of halogens is 2. The first-order valence-electron chi connectivity index (χ1n) is 8.79. The van der Waals surface area contributed by atoms with Crippen LogP contribution in [-0.2, 0) is 4.79 Å². The van der Waals surface area contributed by atoms with E-state index in [0.717, 1.165) is 24.4 Å². The lowest BCUT2D eigenvalue weighted by atomic mass is 10.0. The highest BCUT2D eigenvalue weighted by atomic mass is 32.2. The number of amides is 3. The van der Waals surface area contributed by atoms with Crippen LogP contribution in [0.5, 0.6) is 0 Å². The smallest absolute Gasteiger partial charge is 0.321 e. The van der Waals surface area contributed by atoms with Gasteiger partial charge in [0, 0.05) is 43.1 Å². The summed E-state index contributed by atoms with van der Waals surface area (Å²) in [6.45, 7) is 5.60. The van der Waals surface area contributed by atoms with Crippen LogP contribution in [0.2, 0.25) is 0 Å². The molecule has 2 aliphatic rings. The highest BCUT2D eigenvalue weighted by molar-refractivity contribution is 8.00. The largest absolute Gasteiger partial charge is 0.327 e. The molecule has 0 radical (unpaired) electrons. The van der Waals surface area contributed by atoms with Crippen LogP contribution in [0.3, 0.4) is 0 Å². The van der Waals surface area contributed by atoms with Gasteiger partial charge in [-0.15, -0.1) is 11.8 Å². The molecule has 1 N–H and O–H groups in total. The Balaban J connectivity index is 1.61. The molecule has 8 heteroatoms. The summed E-state index contributed by atoms with van der Waals surface area (Å²) in [6.07, 6.45) is 1.42. The molecule has 3 rings (SSSR count). The number of hydrogen-bond acceptors (Lipinski definition) is 3. The van der Waals surface area contributed by atoms with Crippen molar-refractivity contribution >= 4 is 29.4 Å². The second kappa shape index (κ2) is 7.42. The number of thioether (sulfide) groups is 1. The average Bonchev–Trinajstić information content (AvgIpc) is 3.01. The molecule has 1 aromatic rings. The lowest BCUT2D eigenvalue weighted by Gasteiger charge is -2.44. The molecule has 2 aliphatic heterocycles. The molecule has 2 heterocycles. The van der Waals surface area contributed by atoms with Crippen molar-refractivity contribution in [2.45, 2.75) is 31.6 Å². The van der Waals surface area contributed by atoms with Crippen molar-refractivity contribution < 1.29 is 18.4 Å². The first-order chi connectivity index (χ1) is 12.3. The molecule has 0 saturated carbocycles. The number of nitrogens with zero attached hydrogens (tertiary/aromatic N) is 2. The number of carbonyl (C=O) groups excluding carboxylic acids is 2. The third kappa shape index (κ3) is 3.65. The molecule has 0 aliphatic carbocycles. The predicted molar refractivity (Wildman–Crippen MR) is 97.9 cm³/mol. The highest BCUT2D eigenvalue weighted by Crippen LogP contribution is 2.44. The van der Waals surface area contributed by atoms with Crippen molar-refractivity contribution in [1.29, 1.82) is 0 Å². The van der Waals surface area contributed by atoms with E-state index >= 15 is 0 Å². The molecule has 0 aromatic heterocycles. The van der Waals surface area contributed by atoms with E-state index in [-0.39, 0.29) is 28.4 Å². The number of carbonyl (C=O) groups is 2. The zero-order valence-corrected chi connectivity index (χ0v) is 15.7. The third-order valence-electron chi connectivity index (χ3n) is 4.94. The van der Waals surface area contributed by atoms with Crippen molar-refractivity contribution in [2.24, 2.45) is 5.92 Å². The predicted octanol–water partition coefficient (Wildman–Crippen LogP) is 3.52. The molecular weight excluding hydrogens is 360 g/mol. The Morgan fingerprint density at radius 3 is 2.46 bits per heavy atom. The highest BCUT2D eigenvalue weighted by Gasteiger charge is 2.47. The fraction of sp³-hybridized carbons (Fsp3) is 0.556. The van der Waals surface area contributed by atoms with Crippen molar-refractivity contribution in [3.8, 4) is 0 Å². The maximum absolute atomic E-state index is 13.3. The van der Waals surface area contributed by atoms with E-state index in [1.165, 1.54) is 6.07 Å². The SMILES string of the molecule is CC(C)C(=O)N1CCSC12CCN(C(=O)Nc1ccc(F)c(F)c1)CC2. The number of piperidine rings is 1. The molecular formula is C18H23F2N3O2S. The molecule has 142 valence electrons. The number of urea groups is 1. The zero-order valence-electron chi connectivity index (χ0n) is 14.9. The fourth-order valence-corrected chi connectivity index (χ4v) is 4.94. The Morgan fingerprint density at radius 2 is 1.85 bits per heavy atom. The summed E-state index contributed by atoms with van der Waals surface area (Å²) in [7, 11) is 0. The van der Waals surface area contributed by atoms with Gasteiger partial charge in [0.2, 0.25) is 5.91 Å². The van der Waals surface area contributed by atoms with E-state index in [2.05, 4.69) is 5.32 Å². The van der Waals surface area contributed by atoms with Crippen molar-refractivity contribution in [1.82, 2.24) is 9.80 Å². The van der Waals surface area contributed by atoms with Gasteiger partial charge in [-0.05, 0) is 25.0 Å². The molecule has 1 aromatic carbocycles. The molecule has 0 unspecified atom stereocenters. The molecule has 2 fully saturated rings. The molecule has 2 saturated heterocycles. The number of hydrogen-bond donors (Lipinski definition) is 1. The van der Waals surface area contributed by atoms with Gasteiger partial charge in [-0.3, -0.25) is 4.79 Å². The van der Waals surface area contributed by atoms with Crippen LogP contribution < -0.4 is 5.32 Å². The fourth-order valence-electron chi connectivity index (χ4n) is 3.48. The van der Waals surface area contributed by atoms with Crippen LogP contribution in [0.15, 0.2) is 18.2 Å². The number of nitrogens with one attached hydrogen (secondary N) is 1. The number of benzene rings is 1. The molecule has 1 spiro atoms. The van der Waals surface area contributed by atoms with Gasteiger partial charge in [0.15, 0.2) is 11.6 Å². The van der Waals surface area contributed by atoms with E-state index in [0.29, 0.717) is 25.9 Å². The average molecular weight is 383 g/mol. The summed E-state index contributed by atoms with van der Waals surface area (Å²) < 4.78 is 26.3. The lowest BCUT2D eigenvalue weighted by Crippen LogP contribution is -2.55. The van der Waals surface area contributed by atoms with Gasteiger partial charge in [0.25, 0.3) is 0 Å². The van der Waals surface area contributed by atoms with Crippen LogP contribution >= 0.6 is 11.8 Å². The van der Waals surface area contributed by atoms with E-state index < -0.39 is 11.6 Å². The Morgan fingerprint density at radius 1 is 1.15 bits per heavy atom. The van der Waals surface area contributed by atoms with Gasteiger partial charge in [-0.25, -0.2) is 13.6 Å². The minimum atomic E-state index is -0.995. The molecule has 0 atom stereocenters. The van der Waals surface area contributed by atoms with Gasteiger partial charge < -0.3 is 15.1 Å². The van der Waals surface area contributed by atoms with Crippen LogP contribution in [0.25, 0.3) is 0 Å². The number of rotatable bonds is 2. The second-order valence-corrected chi connectivity index (χ2v) is 8.44.